The first-order valence-electron chi connectivity index (χ1n) is 13.4. The van der Waals surface area contributed by atoms with Gasteiger partial charge in [0.25, 0.3) is 18.3 Å². The van der Waals surface area contributed by atoms with E-state index in [2.05, 4.69) is 15.4 Å². The number of nitrogens with zero attached hydrogens (tertiary/aromatic N) is 3. The number of carbonyl (C=O) groups excluding carboxylic acids is 2. The van der Waals surface area contributed by atoms with Gasteiger partial charge in [-0.2, -0.15) is 13.9 Å². The van der Waals surface area contributed by atoms with Gasteiger partial charge < -0.3 is 11.1 Å². The Kier molecular flexibility index (Phi) is 8.44. The molecule has 1 aliphatic rings. The maximum Gasteiger partial charge on any atom is 0.289 e. The molecule has 2 aromatic carbocycles. The molecule has 14 heteroatoms. The number of alkyl halides is 4. The summed E-state index contributed by atoms with van der Waals surface area (Å²) in [4.78, 5) is 29.4. The summed E-state index contributed by atoms with van der Waals surface area (Å²) in [6.07, 6.45) is -2.75. The molecule has 0 bridgehead atoms. The molecule has 230 valence electrons. The van der Waals surface area contributed by atoms with Gasteiger partial charge in [0.05, 0.1) is 17.3 Å². The van der Waals surface area contributed by atoms with E-state index < -0.39 is 77.6 Å². The number of rotatable bonds is 9. The predicted octanol–water partition coefficient (Wildman–Crippen LogP) is 5.93. The van der Waals surface area contributed by atoms with Gasteiger partial charge in [0.15, 0.2) is 0 Å². The van der Waals surface area contributed by atoms with E-state index in [1.807, 2.05) is 0 Å². The van der Waals surface area contributed by atoms with Gasteiger partial charge in [0.2, 0.25) is 5.91 Å². The van der Waals surface area contributed by atoms with Crippen molar-refractivity contribution in [3.63, 3.8) is 0 Å². The first kappa shape index (κ1) is 30.7. The van der Waals surface area contributed by atoms with Crippen LogP contribution in [0.15, 0.2) is 54.7 Å². The van der Waals surface area contributed by atoms with Crippen LogP contribution in [0.25, 0.3) is 11.1 Å². The Morgan fingerprint density at radius 3 is 2.43 bits per heavy atom. The van der Waals surface area contributed by atoms with E-state index in [-0.39, 0.29) is 47.2 Å². The number of benzene rings is 2. The van der Waals surface area contributed by atoms with Gasteiger partial charge in [-0.3, -0.25) is 19.3 Å². The van der Waals surface area contributed by atoms with Crippen molar-refractivity contribution in [1.82, 2.24) is 20.1 Å². The number of amides is 2. The van der Waals surface area contributed by atoms with E-state index in [1.165, 1.54) is 30.5 Å². The van der Waals surface area contributed by atoms with Crippen LogP contribution in [0.2, 0.25) is 0 Å². The second-order valence-electron chi connectivity index (χ2n) is 10.3. The van der Waals surface area contributed by atoms with Gasteiger partial charge in [-0.15, -0.1) is 0 Å². The molecule has 5 rings (SSSR count). The molecule has 7 nitrogen and oxygen atoms in total. The smallest absolute Gasteiger partial charge is 0.289 e. The fourth-order valence-corrected chi connectivity index (χ4v) is 5.45. The van der Waals surface area contributed by atoms with Crippen LogP contribution in [0, 0.1) is 17.5 Å². The van der Waals surface area contributed by atoms with E-state index in [0.717, 1.165) is 18.2 Å². The van der Waals surface area contributed by atoms with Gasteiger partial charge in [-0.1, -0.05) is 12.1 Å². The Morgan fingerprint density at radius 1 is 1.02 bits per heavy atom. The van der Waals surface area contributed by atoms with Crippen LogP contribution in [0.4, 0.5) is 30.7 Å². The Bertz CT molecular complexity index is 1720. The molecule has 2 heterocycles. The molecule has 0 unspecified atom stereocenters. The molecule has 44 heavy (non-hydrogen) atoms. The fraction of sp³-hybridized carbons (Fsp3) is 0.267. The summed E-state index contributed by atoms with van der Waals surface area (Å²) in [7, 11) is 0. The van der Waals surface area contributed by atoms with Crippen LogP contribution < -0.4 is 11.1 Å². The maximum absolute atomic E-state index is 14.9. The quantitative estimate of drug-likeness (QED) is 0.227. The molecule has 2 aromatic heterocycles. The van der Waals surface area contributed by atoms with Crippen molar-refractivity contribution in [2.75, 3.05) is 0 Å². The number of nitrogens with two attached hydrogens (primary N) is 1. The highest BCUT2D eigenvalue weighted by molar-refractivity contribution is 5.94. The van der Waals surface area contributed by atoms with E-state index >= 15 is 0 Å². The van der Waals surface area contributed by atoms with Gasteiger partial charge in [-0.05, 0) is 60.7 Å². The number of fused-ring (bicyclic) bond motifs is 1. The summed E-state index contributed by atoms with van der Waals surface area (Å²) < 4.78 is 99.9. The Labute approximate surface area is 245 Å². The zero-order valence-electron chi connectivity index (χ0n) is 22.8. The number of aromatic nitrogens is 3. The minimum absolute atomic E-state index is 0.0345. The molecule has 2 amide bonds. The molecule has 0 radical (unpaired) electrons. The minimum Gasteiger partial charge on any atom is -0.366 e. The number of hydrogen-bond donors (Lipinski definition) is 2. The molecule has 0 saturated heterocycles. The lowest BCUT2D eigenvalue weighted by atomic mass is 9.92. The van der Waals surface area contributed by atoms with Crippen LogP contribution in [-0.4, -0.2) is 26.6 Å². The van der Waals surface area contributed by atoms with Gasteiger partial charge in [0.1, 0.15) is 35.4 Å². The SMILES string of the molecule is NC(=O)c1cc(-c2cccnc2[C@H](Cc2cc(F)cc(F)c2)NC(=O)Cn2nc(C(F)F)c3c2C(F)(F)CCC3)ccc1F. The summed E-state index contributed by atoms with van der Waals surface area (Å²) in [5, 5.41) is 6.24. The third-order valence-electron chi connectivity index (χ3n) is 7.25. The first-order chi connectivity index (χ1) is 20.8. The third kappa shape index (κ3) is 6.29. The largest absolute Gasteiger partial charge is 0.366 e. The normalized spacial score (nSPS) is 14.7. The van der Waals surface area contributed by atoms with Crippen molar-refractivity contribution >= 4 is 11.8 Å². The number of hydrogen-bond acceptors (Lipinski definition) is 4. The highest BCUT2D eigenvalue weighted by Crippen LogP contribution is 2.43. The summed E-state index contributed by atoms with van der Waals surface area (Å²) in [5.74, 6) is -8.16. The van der Waals surface area contributed by atoms with E-state index in [4.69, 9.17) is 5.73 Å². The number of nitrogens with one attached hydrogen (secondary N) is 1. The monoisotopic (exact) mass is 619 g/mol. The topological polar surface area (TPSA) is 103 Å². The van der Waals surface area contributed by atoms with Crippen molar-refractivity contribution in [3.05, 3.63) is 106 Å². The van der Waals surface area contributed by atoms with Crippen LogP contribution in [-0.2, 0) is 30.1 Å². The summed E-state index contributed by atoms with van der Waals surface area (Å²) >= 11 is 0. The molecule has 3 N–H and O–H groups in total. The number of pyridine rings is 1. The van der Waals surface area contributed by atoms with Crippen molar-refractivity contribution in [3.8, 4) is 11.1 Å². The number of halogens is 7. The molecule has 0 aliphatic heterocycles. The molecular formula is C30H24F7N5O2. The zero-order valence-corrected chi connectivity index (χ0v) is 22.8. The summed E-state index contributed by atoms with van der Waals surface area (Å²) in [5.41, 5.74) is 3.70. The van der Waals surface area contributed by atoms with Crippen LogP contribution in [0.3, 0.4) is 0 Å². The van der Waals surface area contributed by atoms with Crippen LogP contribution >= 0.6 is 0 Å². The minimum atomic E-state index is -3.50. The number of primary amides is 1. The molecule has 1 aliphatic carbocycles. The Morgan fingerprint density at radius 2 is 1.75 bits per heavy atom. The average Bonchev–Trinajstić information content (AvgIpc) is 3.32. The summed E-state index contributed by atoms with van der Waals surface area (Å²) in [6, 6.07) is 8.06. The Hall–Kier alpha value is -4.75. The summed E-state index contributed by atoms with van der Waals surface area (Å²) in [6.45, 7) is -0.872. The van der Waals surface area contributed by atoms with E-state index in [1.54, 1.807) is 0 Å². The lowest BCUT2D eigenvalue weighted by Crippen LogP contribution is -2.35. The van der Waals surface area contributed by atoms with Gasteiger partial charge >= 0.3 is 0 Å². The fourth-order valence-electron chi connectivity index (χ4n) is 5.45. The van der Waals surface area contributed by atoms with Crippen molar-refractivity contribution < 1.29 is 40.3 Å². The maximum atomic E-state index is 14.9. The highest BCUT2D eigenvalue weighted by atomic mass is 19.3. The molecular weight excluding hydrogens is 595 g/mol. The van der Waals surface area contributed by atoms with Gasteiger partial charge in [0, 0.05) is 29.8 Å². The molecule has 0 spiro atoms. The second-order valence-corrected chi connectivity index (χ2v) is 10.3. The van der Waals surface area contributed by atoms with Gasteiger partial charge in [-0.25, -0.2) is 22.0 Å². The van der Waals surface area contributed by atoms with Crippen molar-refractivity contribution in [2.24, 2.45) is 5.73 Å². The highest BCUT2D eigenvalue weighted by Gasteiger charge is 2.43. The van der Waals surface area contributed by atoms with Crippen molar-refractivity contribution in [2.45, 2.75) is 50.6 Å². The number of carbonyl (C=O) groups is 2. The lowest BCUT2D eigenvalue weighted by Gasteiger charge is -2.25. The van der Waals surface area contributed by atoms with Crippen LogP contribution in [0.5, 0.6) is 0 Å². The third-order valence-corrected chi connectivity index (χ3v) is 7.25. The van der Waals surface area contributed by atoms with Crippen molar-refractivity contribution in [1.29, 1.82) is 0 Å². The van der Waals surface area contributed by atoms with E-state index in [9.17, 15) is 40.3 Å². The lowest BCUT2D eigenvalue weighted by molar-refractivity contribution is -0.123. The Balaban J connectivity index is 1.54. The first-order valence-corrected chi connectivity index (χ1v) is 13.4. The van der Waals surface area contributed by atoms with Crippen LogP contribution in [0.1, 0.15) is 63.9 Å². The average molecular weight is 620 g/mol. The second kappa shape index (κ2) is 12.1. The predicted molar refractivity (Wildman–Crippen MR) is 143 cm³/mol. The zero-order chi connectivity index (χ0) is 31.8. The molecule has 0 saturated carbocycles. The molecule has 1 atom stereocenters. The standard InChI is InChI=1S/C30H24F7N5O2/c31-17-9-15(10-18(32)13-17)11-23(25-19(4-2-8-39-25)16-5-6-22(33)21(12-16)29(38)44)40-24(43)14-42-27-20(26(41-42)28(34)35)3-1-7-30(27,36)37/h2,4-6,8-10,12-13,23,28H,1,3,7,11,14H2,(H2,38,44)(H,40,43)/t23-/m0/s1. The molecule has 0 fully saturated rings. The molecule has 4 aromatic rings. The van der Waals surface area contributed by atoms with E-state index in [0.29, 0.717) is 10.7 Å².